The predicted molar refractivity (Wildman–Crippen MR) is 141 cm³/mol. The lowest BCUT2D eigenvalue weighted by Crippen LogP contribution is -2.04. The average molecular weight is 504 g/mol. The Bertz CT molecular complexity index is 1400. The molecule has 0 amide bonds. The van der Waals surface area contributed by atoms with E-state index < -0.39 is 0 Å². The summed E-state index contributed by atoms with van der Waals surface area (Å²) in [4.78, 5) is 28.6. The van der Waals surface area contributed by atoms with Crippen LogP contribution in [-0.2, 0) is 9.53 Å². The molecule has 4 rings (SSSR count). The fourth-order valence-electron chi connectivity index (χ4n) is 4.09. The number of aromatic nitrogens is 2. The molecule has 0 unspecified atom stereocenters. The zero-order chi connectivity index (χ0) is 26.4. The highest BCUT2D eigenvalue weighted by Gasteiger charge is 2.15. The molecule has 2 heterocycles. The second-order valence-corrected chi connectivity index (χ2v) is 8.26. The quantitative estimate of drug-likeness (QED) is 0.217. The highest BCUT2D eigenvalue weighted by Crippen LogP contribution is 2.40. The number of ketones is 1. The number of carbonyl (C=O) groups excluding carboxylic acids is 2. The number of pyridine rings is 1. The van der Waals surface area contributed by atoms with Crippen molar-refractivity contribution in [2.75, 3.05) is 33.8 Å². The SMILES string of the molecule is COC(=O)CCCC(=O)c1cccc(-n2ccc3cnc(Nc4cc(OC)c(OC)c(OC)c4)cc32)c1. The molecule has 9 heteroatoms. The molecule has 192 valence electrons. The Balaban J connectivity index is 1.60. The summed E-state index contributed by atoms with van der Waals surface area (Å²) < 4.78 is 22.9. The van der Waals surface area contributed by atoms with E-state index in [9.17, 15) is 9.59 Å². The van der Waals surface area contributed by atoms with Crippen LogP contribution in [0.1, 0.15) is 29.6 Å². The first kappa shape index (κ1) is 25.6. The minimum atomic E-state index is -0.315. The molecule has 0 bridgehead atoms. The number of nitrogens with zero attached hydrogens (tertiary/aromatic N) is 2. The van der Waals surface area contributed by atoms with Crippen molar-refractivity contribution in [3.63, 3.8) is 0 Å². The van der Waals surface area contributed by atoms with Crippen LogP contribution in [0.3, 0.4) is 0 Å². The second kappa shape index (κ2) is 11.5. The average Bonchev–Trinajstić information content (AvgIpc) is 3.35. The van der Waals surface area contributed by atoms with E-state index in [1.807, 2.05) is 53.2 Å². The molecule has 37 heavy (non-hydrogen) atoms. The fraction of sp³-hybridized carbons (Fsp3) is 0.250. The summed E-state index contributed by atoms with van der Waals surface area (Å²) in [5, 5.41) is 4.25. The van der Waals surface area contributed by atoms with E-state index in [0.29, 0.717) is 35.1 Å². The first-order valence-corrected chi connectivity index (χ1v) is 11.7. The van der Waals surface area contributed by atoms with Gasteiger partial charge in [0.2, 0.25) is 5.75 Å². The molecule has 1 N–H and O–H groups in total. The van der Waals surface area contributed by atoms with Crippen molar-refractivity contribution in [3.8, 4) is 22.9 Å². The van der Waals surface area contributed by atoms with Crippen LogP contribution in [0.2, 0.25) is 0 Å². The molecule has 0 saturated carbocycles. The maximum atomic E-state index is 12.7. The summed E-state index contributed by atoms with van der Waals surface area (Å²) in [6.45, 7) is 0. The highest BCUT2D eigenvalue weighted by atomic mass is 16.5. The van der Waals surface area contributed by atoms with Crippen LogP contribution in [0.5, 0.6) is 17.2 Å². The highest BCUT2D eigenvalue weighted by molar-refractivity contribution is 5.97. The van der Waals surface area contributed by atoms with Gasteiger partial charge in [-0.15, -0.1) is 0 Å². The molecule has 0 saturated heterocycles. The van der Waals surface area contributed by atoms with Crippen LogP contribution in [0.4, 0.5) is 11.5 Å². The summed E-state index contributed by atoms with van der Waals surface area (Å²) in [6, 6.07) is 15.0. The minimum absolute atomic E-state index is 0.0198. The lowest BCUT2D eigenvalue weighted by molar-refractivity contribution is -0.140. The first-order valence-electron chi connectivity index (χ1n) is 11.7. The van der Waals surface area contributed by atoms with Crippen LogP contribution in [0.25, 0.3) is 16.6 Å². The number of rotatable bonds is 11. The number of nitrogens with one attached hydrogen (secondary N) is 1. The smallest absolute Gasteiger partial charge is 0.305 e. The van der Waals surface area contributed by atoms with Gasteiger partial charge >= 0.3 is 5.97 Å². The molecule has 4 aromatic rings. The van der Waals surface area contributed by atoms with Crippen molar-refractivity contribution in [1.82, 2.24) is 9.55 Å². The molecule has 9 nitrogen and oxygen atoms in total. The number of benzene rings is 2. The lowest BCUT2D eigenvalue weighted by Gasteiger charge is -2.15. The summed E-state index contributed by atoms with van der Waals surface area (Å²) in [7, 11) is 6.03. The largest absolute Gasteiger partial charge is 0.493 e. The van der Waals surface area contributed by atoms with Crippen LogP contribution >= 0.6 is 0 Å². The fourth-order valence-corrected chi connectivity index (χ4v) is 4.09. The number of ether oxygens (including phenoxy) is 4. The molecule has 2 aromatic heterocycles. The number of fused-ring (bicyclic) bond motifs is 1. The van der Waals surface area contributed by atoms with Crippen molar-refractivity contribution in [2.45, 2.75) is 19.3 Å². The van der Waals surface area contributed by atoms with Crippen LogP contribution < -0.4 is 19.5 Å². The summed E-state index contributed by atoms with van der Waals surface area (Å²) in [5.74, 6) is 1.85. The molecule has 0 aliphatic carbocycles. The molecule has 0 radical (unpaired) electrons. The lowest BCUT2D eigenvalue weighted by atomic mass is 10.0. The summed E-state index contributed by atoms with van der Waals surface area (Å²) >= 11 is 0. The minimum Gasteiger partial charge on any atom is -0.493 e. The Morgan fingerprint density at radius 3 is 2.35 bits per heavy atom. The van der Waals surface area contributed by atoms with E-state index in [0.717, 1.165) is 22.3 Å². The van der Waals surface area contributed by atoms with Gasteiger partial charge in [-0.1, -0.05) is 12.1 Å². The number of Topliss-reactive ketones (excluding diaryl/α,β-unsaturated/α-hetero) is 1. The third-order valence-electron chi connectivity index (χ3n) is 5.97. The van der Waals surface area contributed by atoms with Crippen LogP contribution in [0.15, 0.2) is 60.9 Å². The van der Waals surface area contributed by atoms with Gasteiger partial charge in [-0.25, -0.2) is 4.98 Å². The Morgan fingerprint density at radius 2 is 1.68 bits per heavy atom. The number of hydrogen-bond acceptors (Lipinski definition) is 8. The zero-order valence-corrected chi connectivity index (χ0v) is 21.2. The third kappa shape index (κ3) is 5.66. The van der Waals surface area contributed by atoms with Crippen LogP contribution in [0, 0.1) is 0 Å². The van der Waals surface area contributed by atoms with Gasteiger partial charge in [-0.05, 0) is 24.6 Å². The van der Waals surface area contributed by atoms with Gasteiger partial charge in [0.25, 0.3) is 0 Å². The van der Waals surface area contributed by atoms with Crippen molar-refractivity contribution in [3.05, 3.63) is 66.5 Å². The maximum Gasteiger partial charge on any atom is 0.305 e. The van der Waals surface area contributed by atoms with Crippen LogP contribution in [-0.4, -0.2) is 49.7 Å². The number of esters is 1. The molecule has 0 aliphatic heterocycles. The first-order chi connectivity index (χ1) is 18.0. The van der Waals surface area contributed by atoms with Crippen molar-refractivity contribution in [1.29, 1.82) is 0 Å². The van der Waals surface area contributed by atoms with E-state index in [2.05, 4.69) is 15.0 Å². The van der Waals surface area contributed by atoms with Crippen molar-refractivity contribution in [2.24, 2.45) is 0 Å². The van der Waals surface area contributed by atoms with Gasteiger partial charge < -0.3 is 28.8 Å². The Hall–Kier alpha value is -4.53. The van der Waals surface area contributed by atoms with Gasteiger partial charge in [0.15, 0.2) is 17.3 Å². The molecule has 2 aromatic carbocycles. The standard InChI is InChI=1S/C28H29N3O6/c1-34-24-14-20(15-25(35-2)28(24)37-4)30-26-16-22-19(17-29-26)11-12-31(22)21-8-5-7-18(13-21)23(32)9-6-10-27(33)36-3/h5,7-8,11-17H,6,9-10H2,1-4H3,(H,29,30). The summed E-state index contributed by atoms with van der Waals surface area (Å²) in [5.41, 5.74) is 3.08. The summed E-state index contributed by atoms with van der Waals surface area (Å²) in [6.07, 6.45) is 4.67. The maximum absolute atomic E-state index is 12.7. The molecule has 0 fully saturated rings. The number of methoxy groups -OCH3 is 4. The molecule has 0 aliphatic rings. The van der Waals surface area contributed by atoms with Crippen molar-refractivity contribution < 1.29 is 28.5 Å². The molecule has 0 spiro atoms. The normalized spacial score (nSPS) is 10.7. The van der Waals surface area contributed by atoms with Gasteiger partial charge in [-0.2, -0.15) is 0 Å². The van der Waals surface area contributed by atoms with E-state index in [-0.39, 0.29) is 24.6 Å². The topological polar surface area (TPSA) is 101 Å². The predicted octanol–water partition coefficient (Wildman–Crippen LogP) is 5.32. The number of hydrogen-bond donors (Lipinski definition) is 1. The van der Waals surface area contributed by atoms with E-state index in [1.54, 1.807) is 33.6 Å². The number of anilines is 2. The Labute approximate surface area is 214 Å². The van der Waals surface area contributed by atoms with Gasteiger partial charge in [0, 0.05) is 65.8 Å². The molecule has 0 atom stereocenters. The van der Waals surface area contributed by atoms with Gasteiger partial charge in [0.1, 0.15) is 5.82 Å². The molecular formula is C28H29N3O6. The molecular weight excluding hydrogens is 474 g/mol. The van der Waals surface area contributed by atoms with E-state index >= 15 is 0 Å². The third-order valence-corrected chi connectivity index (χ3v) is 5.97. The van der Waals surface area contributed by atoms with E-state index in [4.69, 9.17) is 14.2 Å². The zero-order valence-electron chi connectivity index (χ0n) is 21.2. The Morgan fingerprint density at radius 1 is 0.919 bits per heavy atom. The van der Waals surface area contributed by atoms with Gasteiger partial charge in [-0.3, -0.25) is 9.59 Å². The second-order valence-electron chi connectivity index (χ2n) is 8.26. The van der Waals surface area contributed by atoms with Crippen molar-refractivity contribution >= 4 is 34.2 Å². The Kier molecular flexibility index (Phi) is 7.92. The van der Waals surface area contributed by atoms with Gasteiger partial charge in [0.05, 0.1) is 34.0 Å². The van der Waals surface area contributed by atoms with E-state index in [1.165, 1.54) is 7.11 Å². The number of carbonyl (C=O) groups is 2. The monoisotopic (exact) mass is 503 g/mol.